The standard InChI is InChI=1S/C15H15N3O4S2/c1-8(19)17-11-13(20)18-6-9(12(15(21)22)24-14(11)18)7-23-10-4-2-3-5-16-10/h2-6,11-12,14H,7H2,1H3,(H,17,19)(H,21,22)/t11?,12?,14-/m1/s1. The summed E-state index contributed by atoms with van der Waals surface area (Å²) in [6.45, 7) is 1.34. The molecule has 1 aromatic heterocycles. The largest absolute Gasteiger partial charge is 0.480 e. The van der Waals surface area contributed by atoms with Crippen molar-refractivity contribution in [3.05, 3.63) is 36.2 Å². The summed E-state index contributed by atoms with van der Waals surface area (Å²) in [5.74, 6) is -1.04. The number of hydrogen-bond acceptors (Lipinski definition) is 6. The predicted molar refractivity (Wildman–Crippen MR) is 90.3 cm³/mol. The van der Waals surface area contributed by atoms with Crippen molar-refractivity contribution in [1.82, 2.24) is 15.2 Å². The van der Waals surface area contributed by atoms with Crippen LogP contribution in [0.1, 0.15) is 6.92 Å². The van der Waals surface area contributed by atoms with Gasteiger partial charge in [-0.2, -0.15) is 0 Å². The molecule has 0 saturated carbocycles. The van der Waals surface area contributed by atoms with Crippen LogP contribution in [0, 0.1) is 0 Å². The van der Waals surface area contributed by atoms with Crippen molar-refractivity contribution in [3.8, 4) is 0 Å². The number of thioether (sulfide) groups is 2. The fourth-order valence-electron chi connectivity index (χ4n) is 2.51. The second-order valence-electron chi connectivity index (χ2n) is 5.33. The summed E-state index contributed by atoms with van der Waals surface area (Å²) in [5.41, 5.74) is 0.647. The first-order valence-corrected chi connectivity index (χ1v) is 9.12. The molecule has 126 valence electrons. The van der Waals surface area contributed by atoms with Crippen LogP contribution in [0.4, 0.5) is 0 Å². The molecule has 3 heterocycles. The quantitative estimate of drug-likeness (QED) is 0.591. The van der Waals surface area contributed by atoms with E-state index in [0.29, 0.717) is 11.3 Å². The molecule has 3 atom stereocenters. The Morgan fingerprint density at radius 2 is 2.25 bits per heavy atom. The molecule has 3 rings (SSSR count). The first kappa shape index (κ1) is 16.8. The van der Waals surface area contributed by atoms with Crippen molar-refractivity contribution in [3.63, 3.8) is 0 Å². The second-order valence-corrected chi connectivity index (χ2v) is 7.55. The van der Waals surface area contributed by atoms with E-state index in [0.717, 1.165) is 5.03 Å². The van der Waals surface area contributed by atoms with Gasteiger partial charge in [0.15, 0.2) is 0 Å². The van der Waals surface area contributed by atoms with E-state index in [1.54, 1.807) is 12.4 Å². The van der Waals surface area contributed by atoms with Crippen LogP contribution in [0.5, 0.6) is 0 Å². The van der Waals surface area contributed by atoms with Gasteiger partial charge in [-0.15, -0.1) is 23.5 Å². The minimum absolute atomic E-state index is 0.216. The molecule has 2 unspecified atom stereocenters. The van der Waals surface area contributed by atoms with Gasteiger partial charge >= 0.3 is 5.97 Å². The Balaban J connectivity index is 1.74. The first-order chi connectivity index (χ1) is 11.5. The zero-order chi connectivity index (χ0) is 17.3. The highest BCUT2D eigenvalue weighted by atomic mass is 32.2. The topological polar surface area (TPSA) is 99.6 Å². The highest BCUT2D eigenvalue weighted by Crippen LogP contribution is 2.41. The number of aliphatic carboxylic acids is 1. The number of hydrogen-bond donors (Lipinski definition) is 2. The van der Waals surface area contributed by atoms with Gasteiger partial charge in [0.25, 0.3) is 5.91 Å². The lowest BCUT2D eigenvalue weighted by atomic mass is 10.1. The summed E-state index contributed by atoms with van der Waals surface area (Å²) in [6, 6.07) is 4.86. The molecule has 2 N–H and O–H groups in total. The van der Waals surface area contributed by atoms with Crippen LogP contribution >= 0.6 is 23.5 Å². The maximum absolute atomic E-state index is 12.1. The highest BCUT2D eigenvalue weighted by molar-refractivity contribution is 8.02. The van der Waals surface area contributed by atoms with Gasteiger partial charge in [0.05, 0.1) is 5.03 Å². The molecule has 1 saturated heterocycles. The number of carbonyl (C=O) groups is 3. The molecule has 1 aromatic rings. The summed E-state index contributed by atoms with van der Waals surface area (Å²) >= 11 is 2.60. The fourth-order valence-corrected chi connectivity index (χ4v) is 4.84. The Morgan fingerprint density at radius 1 is 1.46 bits per heavy atom. The summed E-state index contributed by atoms with van der Waals surface area (Å²) in [6.07, 6.45) is 3.28. The predicted octanol–water partition coefficient (Wildman–Crippen LogP) is 0.931. The molecule has 9 heteroatoms. The molecule has 0 spiro atoms. The number of carboxylic acids is 1. The van der Waals surface area contributed by atoms with Gasteiger partial charge in [-0.1, -0.05) is 6.07 Å². The molecule has 0 radical (unpaired) electrons. The van der Waals surface area contributed by atoms with E-state index in [1.807, 2.05) is 18.2 Å². The van der Waals surface area contributed by atoms with Crippen LogP contribution < -0.4 is 5.32 Å². The van der Waals surface area contributed by atoms with Gasteiger partial charge < -0.3 is 15.3 Å². The summed E-state index contributed by atoms with van der Waals surface area (Å²) in [4.78, 5) is 40.6. The van der Waals surface area contributed by atoms with E-state index in [4.69, 9.17) is 0 Å². The maximum Gasteiger partial charge on any atom is 0.321 e. The smallest absolute Gasteiger partial charge is 0.321 e. The Bertz CT molecular complexity index is 710. The molecule has 24 heavy (non-hydrogen) atoms. The van der Waals surface area contributed by atoms with Crippen molar-refractivity contribution in [2.45, 2.75) is 28.6 Å². The summed E-state index contributed by atoms with van der Waals surface area (Å²) in [5, 5.41) is 11.7. The molecule has 1 fully saturated rings. The third-order valence-electron chi connectivity index (χ3n) is 3.60. The number of pyridine rings is 1. The number of aromatic nitrogens is 1. The first-order valence-electron chi connectivity index (χ1n) is 7.19. The molecule has 0 bridgehead atoms. The van der Waals surface area contributed by atoms with Crippen LogP contribution in [0.3, 0.4) is 0 Å². The van der Waals surface area contributed by atoms with E-state index >= 15 is 0 Å². The van der Waals surface area contributed by atoms with Gasteiger partial charge in [-0.25, -0.2) is 4.98 Å². The minimum atomic E-state index is -0.951. The zero-order valence-corrected chi connectivity index (χ0v) is 14.3. The van der Waals surface area contributed by atoms with E-state index in [-0.39, 0.29) is 17.2 Å². The molecular weight excluding hydrogens is 350 g/mol. The zero-order valence-electron chi connectivity index (χ0n) is 12.7. The number of rotatable bonds is 5. The van der Waals surface area contributed by atoms with Gasteiger partial charge in [0.2, 0.25) is 5.91 Å². The SMILES string of the molecule is CC(=O)NC1C(=O)N2C=C(CSc3ccccn3)C(C(=O)O)S[C@H]12. The average molecular weight is 365 g/mol. The van der Waals surface area contributed by atoms with Crippen LogP contribution in [0.2, 0.25) is 0 Å². The van der Waals surface area contributed by atoms with Gasteiger partial charge in [-0.05, 0) is 17.7 Å². The Hall–Kier alpha value is -2.00. The molecule has 2 amide bonds. The van der Waals surface area contributed by atoms with Crippen LogP contribution in [0.25, 0.3) is 0 Å². The van der Waals surface area contributed by atoms with E-state index in [1.165, 1.54) is 35.3 Å². The lowest BCUT2D eigenvalue weighted by molar-refractivity contribution is -0.145. The molecule has 2 aliphatic rings. The van der Waals surface area contributed by atoms with E-state index < -0.39 is 17.3 Å². The van der Waals surface area contributed by atoms with Crippen molar-refractivity contribution in [1.29, 1.82) is 0 Å². The van der Waals surface area contributed by atoms with Gasteiger partial charge in [0, 0.05) is 25.1 Å². The number of carbonyl (C=O) groups excluding carboxylic acids is 2. The van der Waals surface area contributed by atoms with Crippen LogP contribution in [-0.2, 0) is 14.4 Å². The van der Waals surface area contributed by atoms with Crippen LogP contribution in [-0.4, -0.2) is 55.2 Å². The van der Waals surface area contributed by atoms with Crippen molar-refractivity contribution in [2.75, 3.05) is 5.75 Å². The van der Waals surface area contributed by atoms with E-state index in [9.17, 15) is 19.5 Å². The lowest BCUT2D eigenvalue weighted by Crippen LogP contribution is -2.69. The number of amides is 2. The van der Waals surface area contributed by atoms with Crippen molar-refractivity contribution >= 4 is 41.3 Å². The Kier molecular flexibility index (Phi) is 4.81. The Morgan fingerprint density at radius 3 is 2.88 bits per heavy atom. The van der Waals surface area contributed by atoms with E-state index in [2.05, 4.69) is 10.3 Å². The molecule has 7 nitrogen and oxygen atoms in total. The maximum atomic E-state index is 12.1. The number of nitrogens with one attached hydrogen (secondary N) is 1. The molecule has 0 aromatic carbocycles. The average Bonchev–Trinajstić information content (AvgIpc) is 2.57. The Labute approximate surface area is 146 Å². The molecule has 2 aliphatic heterocycles. The highest BCUT2D eigenvalue weighted by Gasteiger charge is 2.52. The minimum Gasteiger partial charge on any atom is -0.480 e. The number of β-lactam (4-membered cyclic amide) rings is 1. The molecule has 0 aliphatic carbocycles. The third kappa shape index (κ3) is 3.27. The lowest BCUT2D eigenvalue weighted by Gasteiger charge is -2.48. The van der Waals surface area contributed by atoms with Crippen LogP contribution in [0.15, 0.2) is 41.2 Å². The second kappa shape index (κ2) is 6.86. The van der Waals surface area contributed by atoms with Crippen molar-refractivity contribution in [2.24, 2.45) is 0 Å². The normalized spacial score (nSPS) is 25.4. The summed E-state index contributed by atoms with van der Waals surface area (Å²) in [7, 11) is 0. The molecular formula is C15H15N3O4S2. The van der Waals surface area contributed by atoms with Gasteiger partial charge in [-0.3, -0.25) is 14.4 Å². The third-order valence-corrected chi connectivity index (χ3v) is 6.17. The summed E-state index contributed by atoms with van der Waals surface area (Å²) < 4.78 is 0. The number of fused-ring (bicyclic) bond motifs is 1. The van der Waals surface area contributed by atoms with Crippen molar-refractivity contribution < 1.29 is 19.5 Å². The fraction of sp³-hybridized carbons (Fsp3) is 0.333. The van der Waals surface area contributed by atoms with Gasteiger partial charge in [0.1, 0.15) is 16.7 Å². The monoisotopic (exact) mass is 365 g/mol. The number of carboxylic acid groups (broad SMARTS) is 1. The number of nitrogens with zero attached hydrogens (tertiary/aromatic N) is 2.